The van der Waals surface area contributed by atoms with E-state index < -0.39 is 11.6 Å². The molecule has 0 aliphatic heterocycles. The SMILES string of the molecule is CCn1ncc(C(=O)/C=C/Nc2ccc(F)cc2F)c1C. The van der Waals surface area contributed by atoms with Gasteiger partial charge in [-0.15, -0.1) is 0 Å². The van der Waals surface area contributed by atoms with E-state index in [4.69, 9.17) is 0 Å². The summed E-state index contributed by atoms with van der Waals surface area (Å²) in [7, 11) is 0. The second-order valence-corrected chi connectivity index (χ2v) is 4.43. The Morgan fingerprint density at radius 3 is 2.81 bits per heavy atom. The number of benzene rings is 1. The molecule has 1 aromatic heterocycles. The van der Waals surface area contributed by atoms with Crippen molar-refractivity contribution in [3.05, 3.63) is 59.6 Å². The van der Waals surface area contributed by atoms with E-state index in [1.54, 1.807) is 4.68 Å². The molecule has 0 aliphatic rings. The number of halogens is 2. The molecule has 1 aromatic carbocycles. The fourth-order valence-electron chi connectivity index (χ4n) is 1.91. The number of hydrogen-bond donors (Lipinski definition) is 1. The van der Waals surface area contributed by atoms with Gasteiger partial charge in [0.2, 0.25) is 0 Å². The van der Waals surface area contributed by atoms with Crippen molar-refractivity contribution < 1.29 is 13.6 Å². The lowest BCUT2D eigenvalue weighted by Crippen LogP contribution is -2.02. The van der Waals surface area contributed by atoms with Crippen molar-refractivity contribution in [3.63, 3.8) is 0 Å². The standard InChI is InChI=1S/C15H15F2N3O/c1-3-20-10(2)12(9-19-20)15(21)6-7-18-14-5-4-11(16)8-13(14)17/h4-9,18H,3H2,1-2H3/b7-6+. The molecule has 0 aliphatic carbocycles. The molecule has 0 spiro atoms. The zero-order chi connectivity index (χ0) is 15.4. The van der Waals surface area contributed by atoms with Crippen molar-refractivity contribution in [1.29, 1.82) is 0 Å². The summed E-state index contributed by atoms with van der Waals surface area (Å²) >= 11 is 0. The van der Waals surface area contributed by atoms with E-state index in [0.29, 0.717) is 12.1 Å². The van der Waals surface area contributed by atoms with Crippen LogP contribution in [0.1, 0.15) is 23.0 Å². The predicted octanol–water partition coefficient (Wildman–Crippen LogP) is 3.30. The monoisotopic (exact) mass is 291 g/mol. The maximum Gasteiger partial charge on any atom is 0.190 e. The summed E-state index contributed by atoms with van der Waals surface area (Å²) in [4.78, 5) is 12.0. The molecular weight excluding hydrogens is 276 g/mol. The number of aromatic nitrogens is 2. The topological polar surface area (TPSA) is 46.9 Å². The molecule has 0 radical (unpaired) electrons. The quantitative estimate of drug-likeness (QED) is 0.679. The Hall–Kier alpha value is -2.50. The summed E-state index contributed by atoms with van der Waals surface area (Å²) in [5.41, 5.74) is 1.37. The molecule has 6 heteroatoms. The molecule has 0 bridgehead atoms. The molecular formula is C15H15F2N3O. The molecule has 1 N–H and O–H groups in total. The fourth-order valence-corrected chi connectivity index (χ4v) is 1.91. The number of ketones is 1. The lowest BCUT2D eigenvalue weighted by atomic mass is 10.1. The van der Waals surface area contributed by atoms with Crippen LogP contribution in [0.5, 0.6) is 0 Å². The number of rotatable bonds is 5. The van der Waals surface area contributed by atoms with Crippen molar-refractivity contribution in [3.8, 4) is 0 Å². The van der Waals surface area contributed by atoms with Gasteiger partial charge in [0.15, 0.2) is 5.78 Å². The van der Waals surface area contributed by atoms with Crippen LogP contribution in [0.3, 0.4) is 0 Å². The van der Waals surface area contributed by atoms with Crippen molar-refractivity contribution in [2.24, 2.45) is 0 Å². The highest BCUT2D eigenvalue weighted by molar-refractivity contribution is 6.05. The number of carbonyl (C=O) groups is 1. The van der Waals surface area contributed by atoms with Gasteiger partial charge in [0.25, 0.3) is 0 Å². The fraction of sp³-hybridized carbons (Fsp3) is 0.200. The molecule has 2 aromatic rings. The average Bonchev–Trinajstić information content (AvgIpc) is 2.82. The Bertz CT molecular complexity index is 692. The number of nitrogens with zero attached hydrogens (tertiary/aromatic N) is 2. The Morgan fingerprint density at radius 1 is 1.43 bits per heavy atom. The van der Waals surface area contributed by atoms with Crippen molar-refractivity contribution in [2.45, 2.75) is 20.4 Å². The molecule has 4 nitrogen and oxygen atoms in total. The van der Waals surface area contributed by atoms with Gasteiger partial charge in [0.05, 0.1) is 17.4 Å². The van der Waals surface area contributed by atoms with Gasteiger partial charge < -0.3 is 5.32 Å². The molecule has 0 atom stereocenters. The second kappa shape index (κ2) is 6.30. The maximum atomic E-state index is 13.4. The highest BCUT2D eigenvalue weighted by Gasteiger charge is 2.10. The zero-order valence-corrected chi connectivity index (χ0v) is 11.7. The molecule has 0 unspecified atom stereocenters. The van der Waals surface area contributed by atoms with Gasteiger partial charge in [-0.1, -0.05) is 0 Å². The molecule has 0 saturated heterocycles. The molecule has 0 saturated carbocycles. The summed E-state index contributed by atoms with van der Waals surface area (Å²) in [5.74, 6) is -1.61. The number of anilines is 1. The van der Waals surface area contributed by atoms with Crippen LogP contribution >= 0.6 is 0 Å². The normalized spacial score (nSPS) is 11.0. The minimum Gasteiger partial charge on any atom is -0.359 e. The third-order valence-corrected chi connectivity index (χ3v) is 3.07. The van der Waals surface area contributed by atoms with Crippen LogP contribution in [0.4, 0.5) is 14.5 Å². The molecule has 0 fully saturated rings. The summed E-state index contributed by atoms with van der Waals surface area (Å²) < 4.78 is 27.8. The van der Waals surface area contributed by atoms with Crippen LogP contribution in [-0.4, -0.2) is 15.6 Å². The minimum atomic E-state index is -0.720. The van der Waals surface area contributed by atoms with Crippen LogP contribution < -0.4 is 5.32 Å². The van der Waals surface area contributed by atoms with Gasteiger partial charge in [-0.25, -0.2) is 8.78 Å². The van der Waals surface area contributed by atoms with E-state index in [0.717, 1.165) is 17.8 Å². The number of allylic oxidation sites excluding steroid dienone is 1. The Labute approximate surface area is 121 Å². The molecule has 21 heavy (non-hydrogen) atoms. The molecule has 110 valence electrons. The molecule has 2 rings (SSSR count). The van der Waals surface area contributed by atoms with Gasteiger partial charge in [-0.05, 0) is 26.0 Å². The Kier molecular flexibility index (Phi) is 4.47. The maximum absolute atomic E-state index is 13.4. The summed E-state index contributed by atoms with van der Waals surface area (Å²) in [6.07, 6.45) is 4.11. The first kappa shape index (κ1) is 14.9. The van der Waals surface area contributed by atoms with Gasteiger partial charge >= 0.3 is 0 Å². The van der Waals surface area contributed by atoms with Crippen LogP contribution in [0.25, 0.3) is 0 Å². The van der Waals surface area contributed by atoms with Crippen LogP contribution in [-0.2, 0) is 6.54 Å². The molecule has 1 heterocycles. The molecule has 0 amide bonds. The van der Waals surface area contributed by atoms with Crippen molar-refractivity contribution in [2.75, 3.05) is 5.32 Å². The zero-order valence-electron chi connectivity index (χ0n) is 11.7. The van der Waals surface area contributed by atoms with Gasteiger partial charge in [-0.3, -0.25) is 9.48 Å². The van der Waals surface area contributed by atoms with Crippen molar-refractivity contribution >= 4 is 11.5 Å². The lowest BCUT2D eigenvalue weighted by Gasteiger charge is -2.02. The largest absolute Gasteiger partial charge is 0.359 e. The average molecular weight is 291 g/mol. The highest BCUT2D eigenvalue weighted by atomic mass is 19.1. The van der Waals surface area contributed by atoms with Crippen LogP contribution in [0, 0.1) is 18.6 Å². The summed E-state index contributed by atoms with van der Waals surface area (Å²) in [5, 5.41) is 6.70. The highest BCUT2D eigenvalue weighted by Crippen LogP contribution is 2.15. The third-order valence-electron chi connectivity index (χ3n) is 3.07. The van der Waals surface area contributed by atoms with E-state index in [1.807, 2.05) is 13.8 Å². The first-order valence-corrected chi connectivity index (χ1v) is 6.47. The van der Waals surface area contributed by atoms with E-state index in [2.05, 4.69) is 10.4 Å². The second-order valence-electron chi connectivity index (χ2n) is 4.43. The van der Waals surface area contributed by atoms with E-state index >= 15 is 0 Å². The summed E-state index contributed by atoms with van der Waals surface area (Å²) in [6, 6.07) is 3.17. The van der Waals surface area contributed by atoms with Gasteiger partial charge in [0.1, 0.15) is 11.6 Å². The predicted molar refractivity (Wildman–Crippen MR) is 76.1 cm³/mol. The number of hydrogen-bond acceptors (Lipinski definition) is 3. The third kappa shape index (κ3) is 3.34. The number of aryl methyl sites for hydroxylation is 1. The smallest absolute Gasteiger partial charge is 0.190 e. The van der Waals surface area contributed by atoms with E-state index in [9.17, 15) is 13.6 Å². The summed E-state index contributed by atoms with van der Waals surface area (Å²) in [6.45, 7) is 4.43. The Morgan fingerprint density at radius 2 is 2.19 bits per heavy atom. The van der Waals surface area contributed by atoms with E-state index in [-0.39, 0.29) is 11.5 Å². The number of carbonyl (C=O) groups excluding carboxylic acids is 1. The first-order chi connectivity index (χ1) is 10.0. The van der Waals surface area contributed by atoms with Crippen LogP contribution in [0.2, 0.25) is 0 Å². The van der Waals surface area contributed by atoms with Gasteiger partial charge in [0, 0.05) is 30.6 Å². The number of nitrogens with one attached hydrogen (secondary N) is 1. The van der Waals surface area contributed by atoms with Gasteiger partial charge in [-0.2, -0.15) is 5.10 Å². The Balaban J connectivity index is 2.07. The van der Waals surface area contributed by atoms with Crippen LogP contribution in [0.15, 0.2) is 36.7 Å². The minimum absolute atomic E-state index is 0.0985. The first-order valence-electron chi connectivity index (χ1n) is 6.47. The van der Waals surface area contributed by atoms with E-state index in [1.165, 1.54) is 24.5 Å². The van der Waals surface area contributed by atoms with Crippen molar-refractivity contribution in [1.82, 2.24) is 9.78 Å². The lowest BCUT2D eigenvalue weighted by molar-refractivity contribution is 0.104.